The molecule has 4 rings (SSSR count). The molecule has 36 heavy (non-hydrogen) atoms. The smallest absolute Gasteiger partial charge is 0.364 e. The Balaban J connectivity index is 1.32. The van der Waals surface area contributed by atoms with Crippen LogP contribution >= 0.6 is 0 Å². The van der Waals surface area contributed by atoms with Gasteiger partial charge in [-0.3, -0.25) is 0 Å². The lowest BCUT2D eigenvalue weighted by atomic mass is 9.66. The Morgan fingerprint density at radius 2 is 1.28 bits per heavy atom. The van der Waals surface area contributed by atoms with E-state index in [2.05, 4.69) is 11.7 Å². The molecule has 3 saturated carbocycles. The maximum Gasteiger partial charge on any atom is 0.364 e. The highest BCUT2D eigenvalue weighted by Gasteiger charge is 2.57. The molecule has 10 heteroatoms. The summed E-state index contributed by atoms with van der Waals surface area (Å²) in [5.41, 5.74) is 0. The van der Waals surface area contributed by atoms with Crippen LogP contribution in [0.3, 0.4) is 0 Å². The van der Waals surface area contributed by atoms with Crippen LogP contribution in [0.25, 0.3) is 0 Å². The molecule has 4 fully saturated rings. The monoisotopic (exact) mass is 534 g/mol. The average molecular weight is 535 g/mol. The fourth-order valence-corrected chi connectivity index (χ4v) is 6.95. The van der Waals surface area contributed by atoms with Crippen molar-refractivity contribution in [3.8, 4) is 0 Å². The second-order valence-electron chi connectivity index (χ2n) is 11.7. The molecule has 210 valence electrons. The quantitative estimate of drug-likeness (QED) is 0.342. The molecule has 4 aliphatic rings. The number of ether oxygens (including phenoxy) is 2. The van der Waals surface area contributed by atoms with E-state index in [1.54, 1.807) is 0 Å². The lowest BCUT2D eigenvalue weighted by Gasteiger charge is -2.45. The van der Waals surface area contributed by atoms with Crippen LogP contribution in [0.1, 0.15) is 71.1 Å². The lowest BCUT2D eigenvalue weighted by molar-refractivity contribution is -0.323. The molecule has 0 aromatic rings. The zero-order valence-corrected chi connectivity index (χ0v) is 20.6. The van der Waals surface area contributed by atoms with E-state index in [4.69, 9.17) is 4.74 Å². The molecule has 0 bridgehead atoms. The summed E-state index contributed by atoms with van der Waals surface area (Å²) < 4.78 is 126. The molecule has 0 aromatic heterocycles. The maximum absolute atomic E-state index is 15.2. The predicted molar refractivity (Wildman–Crippen MR) is 118 cm³/mol. The Hall–Kier alpha value is -0.640. The zero-order chi connectivity index (χ0) is 26.2. The van der Waals surface area contributed by atoms with Crippen LogP contribution in [0.2, 0.25) is 0 Å². The van der Waals surface area contributed by atoms with Gasteiger partial charge in [0, 0.05) is 19.4 Å². The molecule has 0 aromatic carbocycles. The maximum atomic E-state index is 15.2. The standard InChI is InChI=1S/C26H38F8O2/c1-13-2-5-23(35-7-6-13)14-3-4-17(18(27)8-14)15-9-19(28)24(20(29)10-15)26(33,34)36-16-11-21(30)25(32)22(31)12-16/h13-25H,2-12H2,1H3. The van der Waals surface area contributed by atoms with E-state index in [0.29, 0.717) is 25.4 Å². The van der Waals surface area contributed by atoms with Gasteiger partial charge in [-0.2, -0.15) is 8.78 Å². The minimum absolute atomic E-state index is 0.0242. The molecule has 0 amide bonds. The van der Waals surface area contributed by atoms with Gasteiger partial charge in [0.1, 0.15) is 36.8 Å². The van der Waals surface area contributed by atoms with E-state index in [1.165, 1.54) is 0 Å². The summed E-state index contributed by atoms with van der Waals surface area (Å²) in [6.07, 6.45) is -17.3. The summed E-state index contributed by atoms with van der Waals surface area (Å²) >= 11 is 0. The van der Waals surface area contributed by atoms with Gasteiger partial charge in [-0.1, -0.05) is 6.92 Å². The molecule has 1 heterocycles. The second kappa shape index (κ2) is 11.6. The number of rotatable bonds is 5. The van der Waals surface area contributed by atoms with Gasteiger partial charge in [0.2, 0.25) is 0 Å². The summed E-state index contributed by atoms with van der Waals surface area (Å²) in [5.74, 6) is -3.19. The molecule has 3 aliphatic carbocycles. The highest BCUT2D eigenvalue weighted by Crippen LogP contribution is 2.50. The van der Waals surface area contributed by atoms with Gasteiger partial charge >= 0.3 is 6.11 Å². The first-order chi connectivity index (χ1) is 17.0. The van der Waals surface area contributed by atoms with Crippen LogP contribution in [0.4, 0.5) is 35.1 Å². The van der Waals surface area contributed by atoms with Gasteiger partial charge in [0.05, 0.1) is 12.2 Å². The van der Waals surface area contributed by atoms with Crippen LogP contribution in [0.5, 0.6) is 0 Å². The van der Waals surface area contributed by atoms with Crippen molar-refractivity contribution in [3.63, 3.8) is 0 Å². The van der Waals surface area contributed by atoms with E-state index in [9.17, 15) is 30.7 Å². The van der Waals surface area contributed by atoms with Crippen molar-refractivity contribution in [2.45, 2.75) is 126 Å². The molecule has 1 aliphatic heterocycles. The molecule has 9 unspecified atom stereocenters. The fourth-order valence-electron chi connectivity index (χ4n) is 6.95. The minimum atomic E-state index is -4.32. The summed E-state index contributed by atoms with van der Waals surface area (Å²) in [4.78, 5) is 0. The fraction of sp³-hybridized carbons (Fsp3) is 1.00. The molecule has 0 radical (unpaired) electrons. The first-order valence-corrected chi connectivity index (χ1v) is 13.5. The third-order valence-electron chi connectivity index (χ3n) is 9.10. The molecular formula is C26H38F8O2. The largest absolute Gasteiger partial charge is 0.378 e. The van der Waals surface area contributed by atoms with Gasteiger partial charge in [0.15, 0.2) is 6.17 Å². The van der Waals surface area contributed by atoms with E-state index in [1.807, 2.05) is 0 Å². The van der Waals surface area contributed by atoms with Gasteiger partial charge in [0.25, 0.3) is 0 Å². The Bertz CT molecular complexity index is 689. The Kier molecular flexibility index (Phi) is 9.16. The molecule has 0 spiro atoms. The number of hydrogen-bond acceptors (Lipinski definition) is 2. The predicted octanol–water partition coefficient (Wildman–Crippen LogP) is 7.43. The number of alkyl halides is 8. The molecule has 9 atom stereocenters. The summed E-state index contributed by atoms with van der Waals surface area (Å²) in [6.45, 7) is 2.81. The lowest BCUT2D eigenvalue weighted by Crippen LogP contribution is -2.52. The molecule has 2 nitrogen and oxygen atoms in total. The van der Waals surface area contributed by atoms with E-state index in [-0.39, 0.29) is 18.4 Å². The van der Waals surface area contributed by atoms with Crippen molar-refractivity contribution in [1.29, 1.82) is 0 Å². The highest BCUT2D eigenvalue weighted by molar-refractivity contribution is 4.97. The first-order valence-electron chi connectivity index (χ1n) is 13.5. The van der Waals surface area contributed by atoms with E-state index >= 15 is 4.39 Å². The Morgan fingerprint density at radius 1 is 0.667 bits per heavy atom. The van der Waals surface area contributed by atoms with Crippen molar-refractivity contribution >= 4 is 0 Å². The van der Waals surface area contributed by atoms with Crippen LogP contribution in [0, 0.1) is 29.6 Å². The van der Waals surface area contributed by atoms with Gasteiger partial charge in [-0.05, 0) is 75.0 Å². The van der Waals surface area contributed by atoms with Crippen molar-refractivity contribution in [1.82, 2.24) is 0 Å². The first kappa shape index (κ1) is 28.4. The molecular weight excluding hydrogens is 496 g/mol. The highest BCUT2D eigenvalue weighted by atomic mass is 19.3. The van der Waals surface area contributed by atoms with Gasteiger partial charge in [-0.15, -0.1) is 0 Å². The van der Waals surface area contributed by atoms with Crippen LogP contribution < -0.4 is 0 Å². The van der Waals surface area contributed by atoms with Crippen molar-refractivity contribution in [2.24, 2.45) is 29.6 Å². The number of halogens is 8. The third-order valence-corrected chi connectivity index (χ3v) is 9.10. The van der Waals surface area contributed by atoms with Crippen LogP contribution in [0.15, 0.2) is 0 Å². The average Bonchev–Trinajstić information content (AvgIpc) is 3.00. The van der Waals surface area contributed by atoms with E-state index in [0.717, 1.165) is 19.3 Å². The molecule has 1 saturated heterocycles. The van der Waals surface area contributed by atoms with Crippen molar-refractivity contribution < 1.29 is 44.6 Å². The van der Waals surface area contributed by atoms with Crippen molar-refractivity contribution in [3.05, 3.63) is 0 Å². The van der Waals surface area contributed by atoms with Crippen LogP contribution in [-0.4, -0.2) is 62.0 Å². The van der Waals surface area contributed by atoms with Gasteiger partial charge < -0.3 is 9.47 Å². The van der Waals surface area contributed by atoms with E-state index < -0.39 is 92.7 Å². The topological polar surface area (TPSA) is 18.5 Å². The Morgan fingerprint density at radius 3 is 1.89 bits per heavy atom. The van der Waals surface area contributed by atoms with Crippen LogP contribution in [-0.2, 0) is 9.47 Å². The summed E-state index contributed by atoms with van der Waals surface area (Å²) in [6, 6.07) is 0. The third kappa shape index (κ3) is 6.32. The van der Waals surface area contributed by atoms with Crippen molar-refractivity contribution in [2.75, 3.05) is 6.61 Å². The SMILES string of the molecule is CC1CCOC(C2CCC(C3CC(F)C(C(F)(F)OC4CC(F)C(F)C(F)C4)C(F)C3)C(F)C2)CC1. The minimum Gasteiger partial charge on any atom is -0.378 e. The zero-order valence-electron chi connectivity index (χ0n) is 20.6. The Labute approximate surface area is 207 Å². The van der Waals surface area contributed by atoms with Gasteiger partial charge in [-0.25, -0.2) is 26.3 Å². The summed E-state index contributed by atoms with van der Waals surface area (Å²) in [7, 11) is 0. The number of hydrogen-bond donors (Lipinski definition) is 0. The second-order valence-corrected chi connectivity index (χ2v) is 11.7. The summed E-state index contributed by atoms with van der Waals surface area (Å²) in [5, 5.41) is 0. The normalized spacial score (nSPS) is 49.4. The molecule has 0 N–H and O–H groups in total.